The van der Waals surface area contributed by atoms with Gasteiger partial charge in [-0.1, -0.05) is 58.7 Å². The third kappa shape index (κ3) is 2.27. The standard InChI is InChI=1S/C17H26/c1-13-9-8-10-14-15(13)17(4,5)12-7-6-11-16(14,2)3/h8-10H,6-7,11-12H2,1-5H3. The van der Waals surface area contributed by atoms with Gasteiger partial charge in [0.05, 0.1) is 0 Å². The van der Waals surface area contributed by atoms with E-state index < -0.39 is 0 Å². The largest absolute Gasteiger partial charge is 0.0617 e. The highest BCUT2D eigenvalue weighted by Gasteiger charge is 2.33. The van der Waals surface area contributed by atoms with Crippen molar-refractivity contribution in [2.75, 3.05) is 0 Å². The maximum atomic E-state index is 2.42. The third-order valence-corrected chi connectivity index (χ3v) is 4.53. The number of hydrogen-bond donors (Lipinski definition) is 0. The van der Waals surface area contributed by atoms with E-state index in [1.165, 1.54) is 31.2 Å². The van der Waals surface area contributed by atoms with Crippen LogP contribution in [0.2, 0.25) is 0 Å². The van der Waals surface area contributed by atoms with E-state index in [9.17, 15) is 0 Å². The average molecular weight is 230 g/mol. The molecule has 0 heterocycles. The second-order valence-corrected chi connectivity index (χ2v) is 6.97. The van der Waals surface area contributed by atoms with Gasteiger partial charge in [-0.05, 0) is 47.3 Å². The van der Waals surface area contributed by atoms with Gasteiger partial charge in [0.1, 0.15) is 0 Å². The molecule has 0 radical (unpaired) electrons. The lowest BCUT2D eigenvalue weighted by molar-refractivity contribution is 0.365. The predicted molar refractivity (Wildman–Crippen MR) is 75.7 cm³/mol. The summed E-state index contributed by atoms with van der Waals surface area (Å²) in [5.41, 5.74) is 5.34. The minimum atomic E-state index is 0.332. The third-order valence-electron chi connectivity index (χ3n) is 4.53. The molecule has 0 amide bonds. The van der Waals surface area contributed by atoms with Gasteiger partial charge in [0, 0.05) is 0 Å². The number of aryl methyl sites for hydroxylation is 1. The SMILES string of the molecule is Cc1cccc2c1C(C)(C)CCCCC2(C)C. The zero-order valence-electron chi connectivity index (χ0n) is 12.1. The molecular weight excluding hydrogens is 204 g/mol. The molecule has 0 aromatic heterocycles. The van der Waals surface area contributed by atoms with Gasteiger partial charge >= 0.3 is 0 Å². The number of fused-ring (bicyclic) bond motifs is 1. The molecule has 17 heavy (non-hydrogen) atoms. The zero-order chi connectivity index (χ0) is 12.7. The summed E-state index contributed by atoms with van der Waals surface area (Å²) in [5.74, 6) is 0. The Balaban J connectivity index is 2.66. The summed E-state index contributed by atoms with van der Waals surface area (Å²) < 4.78 is 0. The van der Waals surface area contributed by atoms with E-state index in [1.807, 2.05) is 0 Å². The Hall–Kier alpha value is -0.780. The van der Waals surface area contributed by atoms with Gasteiger partial charge in [0.25, 0.3) is 0 Å². The van der Waals surface area contributed by atoms with Crippen molar-refractivity contribution in [3.63, 3.8) is 0 Å². The van der Waals surface area contributed by atoms with Crippen LogP contribution in [0.15, 0.2) is 18.2 Å². The Morgan fingerprint density at radius 3 is 2.12 bits per heavy atom. The normalized spacial score (nSPS) is 22.4. The van der Waals surface area contributed by atoms with E-state index >= 15 is 0 Å². The molecule has 0 fully saturated rings. The molecule has 0 heteroatoms. The first-order valence-corrected chi connectivity index (χ1v) is 6.95. The van der Waals surface area contributed by atoms with Gasteiger partial charge in [0.15, 0.2) is 0 Å². The fourth-order valence-electron chi connectivity index (χ4n) is 3.52. The first-order valence-electron chi connectivity index (χ1n) is 6.95. The Kier molecular flexibility index (Phi) is 3.10. The Morgan fingerprint density at radius 1 is 0.882 bits per heavy atom. The van der Waals surface area contributed by atoms with E-state index in [4.69, 9.17) is 0 Å². The Bertz CT molecular complexity index is 410. The molecule has 1 aliphatic carbocycles. The minimum absolute atomic E-state index is 0.332. The lowest BCUT2D eigenvalue weighted by atomic mass is 9.66. The van der Waals surface area contributed by atoms with Crippen molar-refractivity contribution in [3.8, 4) is 0 Å². The van der Waals surface area contributed by atoms with E-state index in [2.05, 4.69) is 52.8 Å². The summed E-state index contributed by atoms with van der Waals surface area (Å²) in [4.78, 5) is 0. The fourth-order valence-corrected chi connectivity index (χ4v) is 3.52. The summed E-state index contributed by atoms with van der Waals surface area (Å²) in [7, 11) is 0. The van der Waals surface area contributed by atoms with Crippen LogP contribution in [-0.2, 0) is 10.8 Å². The maximum Gasteiger partial charge on any atom is -0.00980 e. The van der Waals surface area contributed by atoms with Crippen molar-refractivity contribution in [1.82, 2.24) is 0 Å². The first-order chi connectivity index (χ1) is 7.84. The van der Waals surface area contributed by atoms with Gasteiger partial charge in [-0.15, -0.1) is 0 Å². The molecule has 0 N–H and O–H groups in total. The van der Waals surface area contributed by atoms with Crippen LogP contribution in [-0.4, -0.2) is 0 Å². The van der Waals surface area contributed by atoms with Crippen LogP contribution in [0.1, 0.15) is 70.1 Å². The summed E-state index contributed by atoms with van der Waals surface area (Å²) in [5, 5.41) is 0. The topological polar surface area (TPSA) is 0 Å². The van der Waals surface area contributed by atoms with Crippen LogP contribution in [0.5, 0.6) is 0 Å². The Morgan fingerprint density at radius 2 is 1.47 bits per heavy atom. The highest BCUT2D eigenvalue weighted by atomic mass is 14.4. The molecule has 1 aromatic rings. The van der Waals surface area contributed by atoms with Crippen molar-refractivity contribution in [1.29, 1.82) is 0 Å². The van der Waals surface area contributed by atoms with Crippen LogP contribution in [0.25, 0.3) is 0 Å². The molecule has 2 rings (SSSR count). The number of rotatable bonds is 0. The molecule has 0 aliphatic heterocycles. The number of hydrogen-bond acceptors (Lipinski definition) is 0. The smallest absolute Gasteiger partial charge is 0.00980 e. The molecule has 1 aliphatic rings. The lowest BCUT2D eigenvalue weighted by Gasteiger charge is -2.38. The van der Waals surface area contributed by atoms with Gasteiger partial charge in [-0.3, -0.25) is 0 Å². The monoisotopic (exact) mass is 230 g/mol. The first kappa shape index (κ1) is 12.7. The predicted octanol–water partition coefficient (Wildman–Crippen LogP) is 5.12. The Labute approximate surface area is 106 Å². The van der Waals surface area contributed by atoms with Gasteiger partial charge < -0.3 is 0 Å². The van der Waals surface area contributed by atoms with Crippen molar-refractivity contribution < 1.29 is 0 Å². The summed E-state index contributed by atoms with van der Waals surface area (Å²) >= 11 is 0. The van der Waals surface area contributed by atoms with Crippen molar-refractivity contribution >= 4 is 0 Å². The highest BCUT2D eigenvalue weighted by molar-refractivity contribution is 5.44. The second kappa shape index (κ2) is 4.15. The number of benzene rings is 1. The van der Waals surface area contributed by atoms with E-state index in [0.29, 0.717) is 10.8 Å². The summed E-state index contributed by atoms with van der Waals surface area (Å²) in [6.07, 6.45) is 5.37. The molecule has 0 atom stereocenters. The van der Waals surface area contributed by atoms with Crippen molar-refractivity contribution in [2.45, 2.75) is 71.1 Å². The van der Waals surface area contributed by atoms with Crippen molar-refractivity contribution in [3.05, 3.63) is 34.9 Å². The average Bonchev–Trinajstić information content (AvgIpc) is 2.23. The molecule has 0 spiro atoms. The van der Waals surface area contributed by atoms with Crippen LogP contribution >= 0.6 is 0 Å². The molecule has 0 nitrogen and oxygen atoms in total. The van der Waals surface area contributed by atoms with Crippen LogP contribution in [0.4, 0.5) is 0 Å². The zero-order valence-corrected chi connectivity index (χ0v) is 12.1. The maximum absolute atomic E-state index is 2.42. The van der Waals surface area contributed by atoms with E-state index in [0.717, 1.165) is 0 Å². The summed E-state index contributed by atoms with van der Waals surface area (Å²) in [6, 6.07) is 6.86. The lowest BCUT2D eigenvalue weighted by Crippen LogP contribution is -2.29. The molecule has 0 saturated carbocycles. The van der Waals surface area contributed by atoms with Crippen LogP contribution in [0, 0.1) is 6.92 Å². The van der Waals surface area contributed by atoms with Gasteiger partial charge in [-0.2, -0.15) is 0 Å². The van der Waals surface area contributed by atoms with E-state index in [1.54, 1.807) is 11.1 Å². The molecular formula is C17H26. The quantitative estimate of drug-likeness (QED) is 0.580. The van der Waals surface area contributed by atoms with E-state index in [-0.39, 0.29) is 0 Å². The van der Waals surface area contributed by atoms with Crippen LogP contribution < -0.4 is 0 Å². The fraction of sp³-hybridized carbons (Fsp3) is 0.647. The van der Waals surface area contributed by atoms with Gasteiger partial charge in [-0.25, -0.2) is 0 Å². The molecule has 0 saturated heterocycles. The highest BCUT2D eigenvalue weighted by Crippen LogP contribution is 2.43. The van der Waals surface area contributed by atoms with Crippen LogP contribution in [0.3, 0.4) is 0 Å². The van der Waals surface area contributed by atoms with Gasteiger partial charge in [0.2, 0.25) is 0 Å². The molecule has 0 bridgehead atoms. The minimum Gasteiger partial charge on any atom is -0.0617 e. The molecule has 1 aromatic carbocycles. The molecule has 94 valence electrons. The second-order valence-electron chi connectivity index (χ2n) is 6.97. The summed E-state index contributed by atoms with van der Waals surface area (Å²) in [6.45, 7) is 11.9. The van der Waals surface area contributed by atoms with Crippen molar-refractivity contribution in [2.24, 2.45) is 0 Å². The molecule has 0 unspecified atom stereocenters.